The minimum Gasteiger partial charge on any atom is -0.373 e. The summed E-state index contributed by atoms with van der Waals surface area (Å²) in [4.78, 5) is 7.68. The van der Waals surface area contributed by atoms with E-state index in [1.807, 2.05) is 0 Å². The number of hydrogen-bond acceptors (Lipinski definition) is 3. The third-order valence-electron chi connectivity index (χ3n) is 4.42. The van der Waals surface area contributed by atoms with Crippen molar-refractivity contribution in [1.29, 1.82) is 0 Å². The zero-order valence-corrected chi connectivity index (χ0v) is 12.2. The highest BCUT2D eigenvalue weighted by Gasteiger charge is 2.26. The highest BCUT2D eigenvalue weighted by atomic mass is 15.3. The number of likely N-dealkylation sites (N-methyl/N-ethyl adjacent to an activating group) is 1. The molecule has 0 saturated carbocycles. The molecule has 0 aromatic carbocycles. The first-order chi connectivity index (χ1) is 8.70. The first-order valence-electron chi connectivity index (χ1n) is 7.56. The van der Waals surface area contributed by atoms with Crippen LogP contribution < -0.4 is 0 Å². The number of likely N-dealkylation sites (tertiary alicyclic amines) is 1. The van der Waals surface area contributed by atoms with E-state index in [9.17, 15) is 0 Å². The average Bonchev–Trinajstić information content (AvgIpc) is 2.39. The van der Waals surface area contributed by atoms with E-state index < -0.39 is 0 Å². The second-order valence-corrected chi connectivity index (χ2v) is 5.90. The Morgan fingerprint density at radius 2 is 1.89 bits per heavy atom. The predicted octanol–water partition coefficient (Wildman–Crippen LogP) is 2.01. The fourth-order valence-electron chi connectivity index (χ4n) is 3.29. The van der Waals surface area contributed by atoms with Crippen LogP contribution in [0.2, 0.25) is 0 Å². The summed E-state index contributed by atoms with van der Waals surface area (Å²) in [5, 5.41) is 0. The number of piperazine rings is 1. The van der Waals surface area contributed by atoms with Crippen LogP contribution in [-0.2, 0) is 0 Å². The third-order valence-corrected chi connectivity index (χ3v) is 4.42. The van der Waals surface area contributed by atoms with Gasteiger partial charge in [-0.25, -0.2) is 0 Å². The molecule has 0 amide bonds. The van der Waals surface area contributed by atoms with Gasteiger partial charge in [-0.15, -0.1) is 0 Å². The minimum atomic E-state index is 0.797. The Morgan fingerprint density at radius 1 is 1.17 bits per heavy atom. The number of piperidine rings is 1. The van der Waals surface area contributed by atoms with E-state index >= 15 is 0 Å². The Bertz CT molecular complexity index is 269. The molecule has 3 heteroatoms. The van der Waals surface area contributed by atoms with Gasteiger partial charge in [0.1, 0.15) is 0 Å². The van der Waals surface area contributed by atoms with E-state index in [4.69, 9.17) is 0 Å². The molecular weight excluding hydrogens is 222 g/mol. The van der Waals surface area contributed by atoms with E-state index in [1.165, 1.54) is 64.2 Å². The molecule has 2 saturated heterocycles. The lowest BCUT2D eigenvalue weighted by Crippen LogP contribution is -2.54. The van der Waals surface area contributed by atoms with Crippen molar-refractivity contribution in [2.75, 3.05) is 46.3 Å². The SMILES string of the molecule is C=C(CCC)N1CCN(C2CCCN(C)C2)CC1. The smallest absolute Gasteiger partial charge is 0.0303 e. The zero-order chi connectivity index (χ0) is 13.0. The fraction of sp³-hybridized carbons (Fsp3) is 0.867. The highest BCUT2D eigenvalue weighted by Crippen LogP contribution is 2.19. The molecule has 0 N–H and O–H groups in total. The van der Waals surface area contributed by atoms with Gasteiger partial charge in [-0.05, 0) is 32.9 Å². The first-order valence-corrected chi connectivity index (χ1v) is 7.56. The van der Waals surface area contributed by atoms with Crippen LogP contribution in [0.5, 0.6) is 0 Å². The van der Waals surface area contributed by atoms with Gasteiger partial charge in [0.15, 0.2) is 0 Å². The van der Waals surface area contributed by atoms with Gasteiger partial charge in [-0.1, -0.05) is 19.9 Å². The molecule has 0 bridgehead atoms. The first kappa shape index (κ1) is 13.9. The van der Waals surface area contributed by atoms with Crippen LogP contribution in [0, 0.1) is 0 Å². The van der Waals surface area contributed by atoms with Crippen LogP contribution >= 0.6 is 0 Å². The molecule has 0 aliphatic carbocycles. The van der Waals surface area contributed by atoms with Gasteiger partial charge in [0.2, 0.25) is 0 Å². The molecule has 3 nitrogen and oxygen atoms in total. The molecule has 0 aromatic rings. The standard InChI is InChI=1S/C15H29N3/c1-4-6-14(2)17-9-11-18(12-10-17)15-7-5-8-16(3)13-15/h15H,2,4-13H2,1,3H3. The fourth-order valence-corrected chi connectivity index (χ4v) is 3.29. The average molecular weight is 251 g/mol. The van der Waals surface area contributed by atoms with Crippen molar-refractivity contribution in [3.63, 3.8) is 0 Å². The quantitative estimate of drug-likeness (QED) is 0.757. The van der Waals surface area contributed by atoms with Gasteiger partial charge < -0.3 is 9.80 Å². The summed E-state index contributed by atoms with van der Waals surface area (Å²) in [5.74, 6) is 0. The van der Waals surface area contributed by atoms with Crippen molar-refractivity contribution in [1.82, 2.24) is 14.7 Å². The number of allylic oxidation sites excluding steroid dienone is 1. The van der Waals surface area contributed by atoms with Crippen LogP contribution in [0.25, 0.3) is 0 Å². The van der Waals surface area contributed by atoms with Crippen molar-refractivity contribution in [2.45, 2.75) is 38.6 Å². The molecule has 2 fully saturated rings. The summed E-state index contributed by atoms with van der Waals surface area (Å²) < 4.78 is 0. The predicted molar refractivity (Wildman–Crippen MR) is 77.7 cm³/mol. The maximum absolute atomic E-state index is 4.22. The Labute approximate surface area is 112 Å². The molecule has 104 valence electrons. The van der Waals surface area contributed by atoms with Gasteiger partial charge in [-0.2, -0.15) is 0 Å². The minimum absolute atomic E-state index is 0.797. The molecular formula is C15H29N3. The Kier molecular flexibility index (Phi) is 5.07. The van der Waals surface area contributed by atoms with E-state index in [0.29, 0.717) is 0 Å². The van der Waals surface area contributed by atoms with E-state index in [-0.39, 0.29) is 0 Å². The normalized spacial score (nSPS) is 27.4. The van der Waals surface area contributed by atoms with Crippen molar-refractivity contribution < 1.29 is 0 Å². The van der Waals surface area contributed by atoms with E-state index in [0.717, 1.165) is 12.5 Å². The van der Waals surface area contributed by atoms with Crippen molar-refractivity contribution in [2.24, 2.45) is 0 Å². The molecule has 0 radical (unpaired) electrons. The summed E-state index contributed by atoms with van der Waals surface area (Å²) in [5.41, 5.74) is 1.35. The lowest BCUT2D eigenvalue weighted by atomic mass is 10.0. The maximum Gasteiger partial charge on any atom is 0.0303 e. The molecule has 1 unspecified atom stereocenters. The molecule has 2 rings (SSSR count). The summed E-state index contributed by atoms with van der Waals surface area (Å²) in [7, 11) is 2.26. The number of rotatable bonds is 4. The molecule has 1 atom stereocenters. The van der Waals surface area contributed by atoms with Gasteiger partial charge in [0.25, 0.3) is 0 Å². The van der Waals surface area contributed by atoms with Crippen LogP contribution in [0.3, 0.4) is 0 Å². The largest absolute Gasteiger partial charge is 0.373 e. The summed E-state index contributed by atoms with van der Waals surface area (Å²) in [6, 6.07) is 0.797. The van der Waals surface area contributed by atoms with Crippen molar-refractivity contribution in [3.05, 3.63) is 12.3 Å². The Hall–Kier alpha value is -0.540. The van der Waals surface area contributed by atoms with Gasteiger partial charge in [0.05, 0.1) is 0 Å². The third kappa shape index (κ3) is 3.48. The van der Waals surface area contributed by atoms with Crippen molar-refractivity contribution in [3.8, 4) is 0 Å². The Balaban J connectivity index is 1.77. The second-order valence-electron chi connectivity index (χ2n) is 5.90. The molecule has 18 heavy (non-hydrogen) atoms. The highest BCUT2D eigenvalue weighted by molar-refractivity contribution is 4.96. The van der Waals surface area contributed by atoms with Crippen LogP contribution in [0.15, 0.2) is 12.3 Å². The van der Waals surface area contributed by atoms with E-state index in [1.54, 1.807) is 0 Å². The van der Waals surface area contributed by atoms with Crippen LogP contribution in [0.4, 0.5) is 0 Å². The second kappa shape index (κ2) is 6.58. The molecule has 0 aromatic heterocycles. The van der Waals surface area contributed by atoms with Gasteiger partial charge >= 0.3 is 0 Å². The topological polar surface area (TPSA) is 9.72 Å². The van der Waals surface area contributed by atoms with Gasteiger partial charge in [0, 0.05) is 44.5 Å². The number of hydrogen-bond donors (Lipinski definition) is 0. The summed E-state index contributed by atoms with van der Waals surface area (Å²) >= 11 is 0. The lowest BCUT2D eigenvalue weighted by molar-refractivity contribution is 0.0696. The van der Waals surface area contributed by atoms with Crippen molar-refractivity contribution >= 4 is 0 Å². The van der Waals surface area contributed by atoms with Crippen LogP contribution in [-0.4, -0.2) is 67.1 Å². The molecule has 2 heterocycles. The molecule has 2 aliphatic rings. The van der Waals surface area contributed by atoms with Gasteiger partial charge in [-0.3, -0.25) is 4.90 Å². The van der Waals surface area contributed by atoms with Crippen LogP contribution in [0.1, 0.15) is 32.6 Å². The number of nitrogens with zero attached hydrogens (tertiary/aromatic N) is 3. The Morgan fingerprint density at radius 3 is 2.50 bits per heavy atom. The maximum atomic E-state index is 4.22. The summed E-state index contributed by atoms with van der Waals surface area (Å²) in [6.45, 7) is 13.8. The monoisotopic (exact) mass is 251 g/mol. The molecule has 0 spiro atoms. The molecule has 2 aliphatic heterocycles. The summed E-state index contributed by atoms with van der Waals surface area (Å²) in [6.07, 6.45) is 5.13. The lowest BCUT2D eigenvalue weighted by Gasteiger charge is -2.43. The zero-order valence-electron chi connectivity index (χ0n) is 12.2. The van der Waals surface area contributed by atoms with E-state index in [2.05, 4.69) is 35.3 Å².